The number of para-hydroxylation sites is 1. The van der Waals surface area contributed by atoms with E-state index < -0.39 is 31.1 Å². The molecule has 1 aliphatic heterocycles. The molecule has 27 heavy (non-hydrogen) atoms. The predicted octanol–water partition coefficient (Wildman–Crippen LogP) is 1.41. The first-order valence-electron chi connectivity index (χ1n) is 7.44. The molecular weight excluding hydrogens is 418 g/mol. The summed E-state index contributed by atoms with van der Waals surface area (Å²) in [6.45, 7) is 0. The Labute approximate surface area is 161 Å². The van der Waals surface area contributed by atoms with Crippen molar-refractivity contribution in [3.8, 4) is 11.5 Å². The molecule has 0 bridgehead atoms. The molecule has 1 unspecified atom stereocenters. The van der Waals surface area contributed by atoms with Gasteiger partial charge in [0.05, 0.1) is 24.9 Å². The smallest absolute Gasteiger partial charge is 0.244 e. The number of fused-ring (bicyclic) bond motifs is 1. The molecule has 2 aromatic carbocycles. The SMILES string of the molecule is COc1cccc(C2Nc3cc(Cl)c(S(N)(=O)=O)cc3S(=O)(=O)N2)c1OC. The standard InChI is InChI=1S/C15H16ClN3O6S2/c1-24-11-5-3-4-8(14(11)25-2)15-18-10-6-9(16)12(26(17,20)21)7-13(10)27(22,23)19-15/h3-7,15,18-19H,1-2H3,(H2,17,20,21). The third kappa shape index (κ3) is 3.56. The maximum atomic E-state index is 12.7. The van der Waals surface area contributed by atoms with Gasteiger partial charge < -0.3 is 14.8 Å². The van der Waals surface area contributed by atoms with Crippen LogP contribution in [0.3, 0.4) is 0 Å². The lowest BCUT2D eigenvalue weighted by Crippen LogP contribution is -2.38. The molecule has 1 atom stereocenters. The number of ether oxygens (including phenoxy) is 2. The molecule has 0 saturated carbocycles. The molecule has 0 aliphatic carbocycles. The van der Waals surface area contributed by atoms with Crippen LogP contribution in [0.2, 0.25) is 5.02 Å². The lowest BCUT2D eigenvalue weighted by Gasteiger charge is -2.30. The number of rotatable bonds is 4. The number of hydrogen-bond acceptors (Lipinski definition) is 7. The van der Waals surface area contributed by atoms with Crippen molar-refractivity contribution in [3.63, 3.8) is 0 Å². The van der Waals surface area contributed by atoms with Gasteiger partial charge in [-0.25, -0.2) is 22.0 Å². The molecule has 0 radical (unpaired) electrons. The van der Waals surface area contributed by atoms with E-state index >= 15 is 0 Å². The summed E-state index contributed by atoms with van der Waals surface area (Å²) in [7, 11) is -5.37. The number of benzene rings is 2. The van der Waals surface area contributed by atoms with Crippen LogP contribution in [0.25, 0.3) is 0 Å². The average Bonchev–Trinajstić information content (AvgIpc) is 2.58. The van der Waals surface area contributed by atoms with Crippen LogP contribution in [0.1, 0.15) is 11.7 Å². The second-order valence-electron chi connectivity index (χ2n) is 5.61. The fraction of sp³-hybridized carbons (Fsp3) is 0.200. The molecule has 1 heterocycles. The van der Waals surface area contributed by atoms with Gasteiger partial charge in [0.15, 0.2) is 11.5 Å². The molecule has 0 aromatic heterocycles. The van der Waals surface area contributed by atoms with Crippen molar-refractivity contribution in [3.05, 3.63) is 40.9 Å². The highest BCUT2D eigenvalue weighted by Crippen LogP contribution is 2.40. The Balaban J connectivity index is 2.15. The summed E-state index contributed by atoms with van der Waals surface area (Å²) in [5.74, 6) is 0.764. The van der Waals surface area contributed by atoms with Gasteiger partial charge in [0.2, 0.25) is 20.0 Å². The summed E-state index contributed by atoms with van der Waals surface area (Å²) in [4.78, 5) is -0.762. The summed E-state index contributed by atoms with van der Waals surface area (Å²) < 4.78 is 61.6. The quantitative estimate of drug-likeness (QED) is 0.662. The average molecular weight is 434 g/mol. The molecule has 3 rings (SSSR count). The Morgan fingerprint density at radius 3 is 2.48 bits per heavy atom. The number of sulfonamides is 2. The van der Waals surface area contributed by atoms with Gasteiger partial charge in [-0.15, -0.1) is 0 Å². The first-order chi connectivity index (χ1) is 12.6. The molecule has 0 saturated heterocycles. The molecule has 4 N–H and O–H groups in total. The normalized spacial score (nSPS) is 18.3. The van der Waals surface area contributed by atoms with Gasteiger partial charge in [-0.05, 0) is 18.2 Å². The van der Waals surface area contributed by atoms with E-state index in [0.717, 1.165) is 6.07 Å². The summed E-state index contributed by atoms with van der Waals surface area (Å²) in [5.41, 5.74) is 0.596. The van der Waals surface area contributed by atoms with Crippen molar-refractivity contribution >= 4 is 37.3 Å². The molecule has 0 spiro atoms. The third-order valence-electron chi connectivity index (χ3n) is 3.95. The minimum absolute atomic E-state index is 0.126. The second-order valence-corrected chi connectivity index (χ2v) is 9.22. The van der Waals surface area contributed by atoms with Crippen LogP contribution in [0.4, 0.5) is 5.69 Å². The van der Waals surface area contributed by atoms with Crippen molar-refractivity contribution < 1.29 is 26.3 Å². The van der Waals surface area contributed by atoms with Crippen molar-refractivity contribution in [2.75, 3.05) is 19.5 Å². The van der Waals surface area contributed by atoms with Gasteiger partial charge in [0.25, 0.3) is 0 Å². The van der Waals surface area contributed by atoms with Gasteiger partial charge in [-0.1, -0.05) is 23.7 Å². The highest BCUT2D eigenvalue weighted by molar-refractivity contribution is 7.90. The van der Waals surface area contributed by atoms with Crippen LogP contribution in [0.5, 0.6) is 11.5 Å². The lowest BCUT2D eigenvalue weighted by molar-refractivity contribution is 0.349. The first-order valence-corrected chi connectivity index (χ1v) is 10.9. The molecule has 2 aromatic rings. The first kappa shape index (κ1) is 19.7. The van der Waals surface area contributed by atoms with E-state index in [2.05, 4.69) is 10.0 Å². The van der Waals surface area contributed by atoms with Crippen LogP contribution in [0, 0.1) is 0 Å². The van der Waals surface area contributed by atoms with Gasteiger partial charge in [0.1, 0.15) is 16.0 Å². The number of anilines is 1. The minimum atomic E-state index is -4.19. The minimum Gasteiger partial charge on any atom is -0.493 e. The van der Waals surface area contributed by atoms with Crippen LogP contribution in [0.15, 0.2) is 40.1 Å². The maximum Gasteiger partial charge on any atom is 0.244 e. The van der Waals surface area contributed by atoms with Crippen LogP contribution < -0.4 is 24.7 Å². The molecule has 9 nitrogen and oxygen atoms in total. The Morgan fingerprint density at radius 1 is 1.19 bits per heavy atom. The van der Waals surface area contributed by atoms with Crippen molar-refractivity contribution in [2.24, 2.45) is 5.14 Å². The number of methoxy groups -OCH3 is 2. The molecule has 146 valence electrons. The molecule has 1 aliphatic rings. The summed E-state index contributed by atoms with van der Waals surface area (Å²) in [5, 5.41) is 7.86. The predicted molar refractivity (Wildman–Crippen MR) is 99.1 cm³/mol. The van der Waals surface area contributed by atoms with Gasteiger partial charge in [0, 0.05) is 5.56 Å². The lowest BCUT2D eigenvalue weighted by atomic mass is 10.1. The van der Waals surface area contributed by atoms with Gasteiger partial charge in [-0.3, -0.25) is 0 Å². The van der Waals surface area contributed by atoms with E-state index in [-0.39, 0.29) is 15.6 Å². The Hall–Kier alpha value is -2.05. The van der Waals surface area contributed by atoms with Crippen LogP contribution in [-0.2, 0) is 20.0 Å². The zero-order chi connectivity index (χ0) is 20.0. The highest BCUT2D eigenvalue weighted by atomic mass is 35.5. The summed E-state index contributed by atoms with van der Waals surface area (Å²) in [6, 6.07) is 7.13. The molecule has 0 amide bonds. The largest absolute Gasteiger partial charge is 0.493 e. The van der Waals surface area contributed by atoms with E-state index in [0.29, 0.717) is 17.1 Å². The number of halogens is 1. The summed E-state index contributed by atoms with van der Waals surface area (Å²) >= 11 is 5.98. The van der Waals surface area contributed by atoms with Crippen LogP contribution in [-0.4, -0.2) is 31.1 Å². The number of nitrogens with one attached hydrogen (secondary N) is 2. The molecule has 0 fully saturated rings. The van der Waals surface area contributed by atoms with E-state index in [1.165, 1.54) is 20.3 Å². The van der Waals surface area contributed by atoms with Crippen LogP contribution >= 0.6 is 11.6 Å². The van der Waals surface area contributed by atoms with E-state index in [9.17, 15) is 16.8 Å². The molecule has 12 heteroatoms. The molecular formula is C15H16ClN3O6S2. The number of hydrogen-bond donors (Lipinski definition) is 3. The summed E-state index contributed by atoms with van der Waals surface area (Å²) in [6.07, 6.45) is -0.899. The van der Waals surface area contributed by atoms with Crippen molar-refractivity contribution in [1.82, 2.24) is 4.72 Å². The van der Waals surface area contributed by atoms with Gasteiger partial charge in [-0.2, -0.15) is 4.72 Å². The monoisotopic (exact) mass is 433 g/mol. The zero-order valence-electron chi connectivity index (χ0n) is 14.2. The van der Waals surface area contributed by atoms with E-state index in [1.54, 1.807) is 18.2 Å². The Bertz CT molecular complexity index is 1120. The third-order valence-corrected chi connectivity index (χ3v) is 6.79. The Kier molecular flexibility index (Phi) is 4.99. The zero-order valence-corrected chi connectivity index (χ0v) is 16.6. The number of primary sulfonamides is 1. The fourth-order valence-corrected chi connectivity index (χ4v) is 5.25. The highest BCUT2D eigenvalue weighted by Gasteiger charge is 2.34. The maximum absolute atomic E-state index is 12.7. The number of nitrogens with two attached hydrogens (primary N) is 1. The van der Waals surface area contributed by atoms with E-state index in [1.807, 2.05) is 0 Å². The topological polar surface area (TPSA) is 137 Å². The van der Waals surface area contributed by atoms with Crippen molar-refractivity contribution in [1.29, 1.82) is 0 Å². The van der Waals surface area contributed by atoms with Crippen molar-refractivity contribution in [2.45, 2.75) is 16.0 Å². The van der Waals surface area contributed by atoms with E-state index in [4.69, 9.17) is 26.2 Å². The van der Waals surface area contributed by atoms with Gasteiger partial charge >= 0.3 is 0 Å². The Morgan fingerprint density at radius 2 is 1.89 bits per heavy atom. The second kappa shape index (κ2) is 6.84. The fourth-order valence-electron chi connectivity index (χ4n) is 2.77.